The van der Waals surface area contributed by atoms with E-state index >= 15 is 0 Å². The summed E-state index contributed by atoms with van der Waals surface area (Å²) in [6, 6.07) is 10.3. The van der Waals surface area contributed by atoms with Crippen LogP contribution in [0.1, 0.15) is 21.5 Å². The quantitative estimate of drug-likeness (QED) is 0.884. The number of ether oxygens (including phenoxy) is 1. The van der Waals surface area contributed by atoms with E-state index < -0.39 is 0 Å². The molecule has 5 nitrogen and oxygen atoms in total. The van der Waals surface area contributed by atoms with Crippen LogP contribution in [-0.4, -0.2) is 37.4 Å². The van der Waals surface area contributed by atoms with E-state index in [0.717, 1.165) is 11.1 Å². The Bertz CT molecular complexity index is 763. The Morgan fingerprint density at radius 2 is 1.64 bits per heavy atom. The standard InChI is InChI=1S/C19H21ClN2O3/c1-12-9-15(20)10-13(2)18(12)25-11-17(23)21-16-7-5-14(6-8-16)19(24)22(3)4/h5-10H,11H2,1-4H3,(H,21,23). The number of rotatable bonds is 5. The number of amides is 2. The van der Waals surface area contributed by atoms with Crippen LogP contribution in [0, 0.1) is 13.8 Å². The van der Waals surface area contributed by atoms with Crippen LogP contribution < -0.4 is 10.1 Å². The predicted octanol–water partition coefficient (Wildman–Crippen LogP) is 3.68. The number of nitrogens with one attached hydrogen (secondary N) is 1. The Kier molecular flexibility index (Phi) is 6.04. The summed E-state index contributed by atoms with van der Waals surface area (Å²) in [5.74, 6) is 0.293. The lowest BCUT2D eigenvalue weighted by Gasteiger charge is -2.13. The molecule has 2 aromatic carbocycles. The molecule has 0 fully saturated rings. The van der Waals surface area contributed by atoms with Gasteiger partial charge in [0.05, 0.1) is 0 Å². The van der Waals surface area contributed by atoms with Crippen LogP contribution in [0.3, 0.4) is 0 Å². The molecule has 2 amide bonds. The second-order valence-electron chi connectivity index (χ2n) is 5.98. The normalized spacial score (nSPS) is 10.3. The lowest BCUT2D eigenvalue weighted by molar-refractivity contribution is -0.118. The first-order valence-electron chi connectivity index (χ1n) is 7.79. The third kappa shape index (κ3) is 4.97. The maximum atomic E-state index is 12.1. The fourth-order valence-electron chi connectivity index (χ4n) is 2.41. The average Bonchev–Trinajstić information content (AvgIpc) is 2.53. The fraction of sp³-hybridized carbons (Fsp3) is 0.263. The number of hydrogen-bond acceptors (Lipinski definition) is 3. The van der Waals surface area contributed by atoms with Crippen LogP contribution in [0.15, 0.2) is 36.4 Å². The van der Waals surface area contributed by atoms with Gasteiger partial charge in [0.25, 0.3) is 11.8 Å². The summed E-state index contributed by atoms with van der Waals surface area (Å²) < 4.78 is 5.62. The Morgan fingerprint density at radius 3 is 2.16 bits per heavy atom. The van der Waals surface area contributed by atoms with E-state index in [-0.39, 0.29) is 18.4 Å². The molecule has 0 aliphatic rings. The molecule has 2 aromatic rings. The summed E-state index contributed by atoms with van der Waals surface area (Å²) in [7, 11) is 3.38. The third-order valence-corrected chi connectivity index (χ3v) is 3.81. The van der Waals surface area contributed by atoms with Gasteiger partial charge in [-0.05, 0) is 61.4 Å². The number of carbonyl (C=O) groups is 2. The molecule has 0 aliphatic heterocycles. The van der Waals surface area contributed by atoms with Gasteiger partial charge >= 0.3 is 0 Å². The van der Waals surface area contributed by atoms with E-state index in [4.69, 9.17) is 16.3 Å². The summed E-state index contributed by atoms with van der Waals surface area (Å²) >= 11 is 5.98. The van der Waals surface area contributed by atoms with Gasteiger partial charge in [0, 0.05) is 30.4 Å². The largest absolute Gasteiger partial charge is 0.483 e. The van der Waals surface area contributed by atoms with Crippen molar-refractivity contribution in [1.82, 2.24) is 4.90 Å². The van der Waals surface area contributed by atoms with Gasteiger partial charge < -0.3 is 15.0 Å². The SMILES string of the molecule is Cc1cc(Cl)cc(C)c1OCC(=O)Nc1ccc(C(=O)N(C)C)cc1. The zero-order valence-corrected chi connectivity index (χ0v) is 15.5. The van der Waals surface area contributed by atoms with Crippen LogP contribution in [0.4, 0.5) is 5.69 Å². The van der Waals surface area contributed by atoms with Gasteiger partial charge in [-0.3, -0.25) is 9.59 Å². The molecule has 0 aliphatic carbocycles. The van der Waals surface area contributed by atoms with Crippen molar-refractivity contribution in [1.29, 1.82) is 0 Å². The molecule has 132 valence electrons. The summed E-state index contributed by atoms with van der Waals surface area (Å²) in [5, 5.41) is 3.38. The number of benzene rings is 2. The van der Waals surface area contributed by atoms with Gasteiger partial charge in [0.2, 0.25) is 0 Å². The minimum Gasteiger partial charge on any atom is -0.483 e. The lowest BCUT2D eigenvalue weighted by Crippen LogP contribution is -2.22. The molecule has 0 saturated heterocycles. The molecule has 0 spiro atoms. The zero-order valence-electron chi connectivity index (χ0n) is 14.7. The van der Waals surface area contributed by atoms with E-state index in [1.807, 2.05) is 13.8 Å². The number of nitrogens with zero attached hydrogens (tertiary/aromatic N) is 1. The Hall–Kier alpha value is -2.53. The van der Waals surface area contributed by atoms with Gasteiger partial charge in [0.1, 0.15) is 5.75 Å². The van der Waals surface area contributed by atoms with Gasteiger partial charge in [0.15, 0.2) is 6.61 Å². The first-order chi connectivity index (χ1) is 11.8. The molecule has 0 heterocycles. The van der Waals surface area contributed by atoms with Crippen molar-refractivity contribution in [2.45, 2.75) is 13.8 Å². The van der Waals surface area contributed by atoms with E-state index in [1.165, 1.54) is 4.90 Å². The van der Waals surface area contributed by atoms with Crippen molar-refractivity contribution in [3.8, 4) is 5.75 Å². The highest BCUT2D eigenvalue weighted by atomic mass is 35.5. The highest BCUT2D eigenvalue weighted by Gasteiger charge is 2.10. The maximum Gasteiger partial charge on any atom is 0.262 e. The minimum absolute atomic E-state index is 0.0881. The van der Waals surface area contributed by atoms with E-state index in [0.29, 0.717) is 22.0 Å². The summed E-state index contributed by atoms with van der Waals surface area (Å²) in [4.78, 5) is 25.4. The first-order valence-corrected chi connectivity index (χ1v) is 8.17. The third-order valence-electron chi connectivity index (χ3n) is 3.59. The molecule has 0 atom stereocenters. The van der Waals surface area contributed by atoms with Gasteiger partial charge in [-0.15, -0.1) is 0 Å². The van der Waals surface area contributed by atoms with Gasteiger partial charge in [-0.1, -0.05) is 11.6 Å². The van der Waals surface area contributed by atoms with Crippen LogP contribution in [-0.2, 0) is 4.79 Å². The molecule has 6 heteroatoms. The highest BCUT2D eigenvalue weighted by molar-refractivity contribution is 6.30. The summed E-state index contributed by atoms with van der Waals surface area (Å²) in [6.45, 7) is 3.65. The number of aryl methyl sites for hydroxylation is 2. The fourth-order valence-corrected chi connectivity index (χ4v) is 2.74. The molecule has 0 saturated carbocycles. The molecule has 25 heavy (non-hydrogen) atoms. The molecule has 0 bridgehead atoms. The van der Waals surface area contributed by atoms with E-state index in [1.54, 1.807) is 50.5 Å². The Labute approximate surface area is 152 Å². The molecule has 2 rings (SSSR count). The smallest absolute Gasteiger partial charge is 0.262 e. The van der Waals surface area contributed by atoms with Gasteiger partial charge in [-0.2, -0.15) is 0 Å². The lowest BCUT2D eigenvalue weighted by atomic mass is 10.1. The van der Waals surface area contributed by atoms with Crippen LogP contribution in [0.2, 0.25) is 5.02 Å². The van der Waals surface area contributed by atoms with Crippen molar-refractivity contribution in [2.75, 3.05) is 26.0 Å². The van der Waals surface area contributed by atoms with E-state index in [9.17, 15) is 9.59 Å². The summed E-state index contributed by atoms with van der Waals surface area (Å²) in [5.41, 5.74) is 2.92. The number of hydrogen-bond donors (Lipinski definition) is 1. The molecular weight excluding hydrogens is 340 g/mol. The molecule has 0 aromatic heterocycles. The van der Waals surface area contributed by atoms with Crippen molar-refractivity contribution in [2.24, 2.45) is 0 Å². The maximum absolute atomic E-state index is 12.1. The van der Waals surface area contributed by atoms with Crippen LogP contribution >= 0.6 is 11.6 Å². The van der Waals surface area contributed by atoms with Crippen molar-refractivity contribution < 1.29 is 14.3 Å². The highest BCUT2D eigenvalue weighted by Crippen LogP contribution is 2.27. The van der Waals surface area contributed by atoms with Crippen LogP contribution in [0.25, 0.3) is 0 Å². The predicted molar refractivity (Wildman–Crippen MR) is 99.5 cm³/mol. The molecule has 0 radical (unpaired) electrons. The van der Waals surface area contributed by atoms with Gasteiger partial charge in [-0.25, -0.2) is 0 Å². The average molecular weight is 361 g/mol. The number of anilines is 1. The first kappa shape index (κ1) is 18.8. The second-order valence-corrected chi connectivity index (χ2v) is 6.42. The molecule has 1 N–H and O–H groups in total. The topological polar surface area (TPSA) is 58.6 Å². The summed E-state index contributed by atoms with van der Waals surface area (Å²) in [6.07, 6.45) is 0. The van der Waals surface area contributed by atoms with Crippen molar-refractivity contribution in [3.05, 3.63) is 58.1 Å². The van der Waals surface area contributed by atoms with Crippen molar-refractivity contribution >= 4 is 29.1 Å². The monoisotopic (exact) mass is 360 g/mol. The molecular formula is C19H21ClN2O3. The number of halogens is 1. The number of carbonyl (C=O) groups excluding carboxylic acids is 2. The van der Waals surface area contributed by atoms with Crippen molar-refractivity contribution in [3.63, 3.8) is 0 Å². The van der Waals surface area contributed by atoms with Crippen LogP contribution in [0.5, 0.6) is 5.75 Å². The van der Waals surface area contributed by atoms with E-state index in [2.05, 4.69) is 5.32 Å². The minimum atomic E-state index is -0.277. The Balaban J connectivity index is 1.96. The second kappa shape index (κ2) is 8.03. The zero-order chi connectivity index (χ0) is 18.6. The molecule has 0 unspecified atom stereocenters. The Morgan fingerprint density at radius 1 is 1.08 bits per heavy atom.